The van der Waals surface area contributed by atoms with E-state index in [0.29, 0.717) is 31.0 Å². The molecule has 12 heteroatoms. The SMILES string of the molecule is CC(C)(c1cn[nH]n1)N(CCN1CCOCC1)S(=O)(=O)c1ccc(C2=CC=C(C(F)(F)F)CC2)cc1. The van der Waals surface area contributed by atoms with Gasteiger partial charge in [-0.15, -0.1) is 0 Å². The third-order valence-corrected chi connectivity index (χ3v) is 8.80. The number of sulfonamides is 1. The van der Waals surface area contributed by atoms with Crippen LogP contribution in [-0.4, -0.2) is 78.6 Å². The summed E-state index contributed by atoms with van der Waals surface area (Å²) >= 11 is 0. The lowest BCUT2D eigenvalue weighted by atomic mass is 9.93. The van der Waals surface area contributed by atoms with Crippen LogP contribution in [0.25, 0.3) is 5.57 Å². The normalized spacial score (nSPS) is 18.3. The van der Waals surface area contributed by atoms with E-state index in [2.05, 4.69) is 20.3 Å². The zero-order valence-electron chi connectivity index (χ0n) is 20.3. The molecule has 1 aliphatic carbocycles. The molecule has 0 amide bonds. The molecule has 0 spiro atoms. The number of hydrogen-bond acceptors (Lipinski definition) is 6. The summed E-state index contributed by atoms with van der Waals surface area (Å²) in [5.41, 5.74) is 0.378. The number of benzene rings is 1. The highest BCUT2D eigenvalue weighted by atomic mass is 32.2. The maximum atomic E-state index is 13.9. The fourth-order valence-corrected chi connectivity index (χ4v) is 6.21. The quantitative estimate of drug-likeness (QED) is 0.565. The molecule has 1 N–H and O–H groups in total. The monoisotopic (exact) mass is 525 g/mol. The zero-order valence-corrected chi connectivity index (χ0v) is 21.1. The van der Waals surface area contributed by atoms with Crippen molar-refractivity contribution in [2.75, 3.05) is 39.4 Å². The zero-order chi connectivity index (χ0) is 26.0. The van der Waals surface area contributed by atoms with Crippen molar-refractivity contribution in [3.05, 3.63) is 59.4 Å². The summed E-state index contributed by atoms with van der Waals surface area (Å²) in [5, 5.41) is 10.5. The number of H-pyrrole nitrogens is 1. The molecular formula is C24H30F3N5O3S. The Kier molecular flexibility index (Phi) is 7.69. The van der Waals surface area contributed by atoms with Crippen molar-refractivity contribution < 1.29 is 26.3 Å². The summed E-state index contributed by atoms with van der Waals surface area (Å²) < 4.78 is 73.3. The van der Waals surface area contributed by atoms with E-state index in [1.54, 1.807) is 26.0 Å². The van der Waals surface area contributed by atoms with Crippen molar-refractivity contribution in [1.29, 1.82) is 0 Å². The van der Waals surface area contributed by atoms with Crippen LogP contribution in [-0.2, 0) is 20.3 Å². The standard InChI is InChI=1S/C24H30F3N5O3S/c1-23(2,22-17-28-30-29-22)32(12-11-31-13-15-35-16-14-31)36(33,34)21-9-5-19(6-10-21)18-3-7-20(8-4-18)24(25,26)27/h3,5-7,9-10,17H,4,8,11-16H2,1-2H3,(H,28,29,30). The second-order valence-corrected chi connectivity index (χ2v) is 11.2. The molecule has 2 heterocycles. The number of alkyl halides is 3. The molecule has 196 valence electrons. The second-order valence-electron chi connectivity index (χ2n) is 9.35. The Morgan fingerprint density at radius 2 is 1.78 bits per heavy atom. The molecule has 1 fully saturated rings. The second kappa shape index (κ2) is 10.4. The number of nitrogens with one attached hydrogen (secondary N) is 1. The molecule has 2 aromatic rings. The van der Waals surface area contributed by atoms with Crippen molar-refractivity contribution in [2.24, 2.45) is 0 Å². The number of allylic oxidation sites excluding steroid dienone is 4. The Bertz CT molecular complexity index is 1200. The Balaban J connectivity index is 1.59. The lowest BCUT2D eigenvalue weighted by Gasteiger charge is -2.38. The highest BCUT2D eigenvalue weighted by Crippen LogP contribution is 2.36. The van der Waals surface area contributed by atoms with Crippen LogP contribution < -0.4 is 0 Å². The Hall–Kier alpha value is -2.54. The van der Waals surface area contributed by atoms with E-state index in [-0.39, 0.29) is 24.3 Å². The summed E-state index contributed by atoms with van der Waals surface area (Å²) in [6.07, 6.45) is -0.131. The lowest BCUT2D eigenvalue weighted by molar-refractivity contribution is -0.0939. The number of halogens is 3. The van der Waals surface area contributed by atoms with Gasteiger partial charge in [0.15, 0.2) is 0 Å². The molecule has 0 saturated carbocycles. The van der Waals surface area contributed by atoms with Crippen molar-refractivity contribution >= 4 is 15.6 Å². The van der Waals surface area contributed by atoms with Gasteiger partial charge in [-0.2, -0.15) is 32.9 Å². The molecule has 1 aliphatic heterocycles. The molecule has 36 heavy (non-hydrogen) atoms. The first-order chi connectivity index (χ1) is 17.0. The van der Waals surface area contributed by atoms with Crippen molar-refractivity contribution in [1.82, 2.24) is 24.6 Å². The van der Waals surface area contributed by atoms with Gasteiger partial charge in [0.1, 0.15) is 5.69 Å². The van der Waals surface area contributed by atoms with Gasteiger partial charge in [0.05, 0.1) is 29.8 Å². The van der Waals surface area contributed by atoms with E-state index in [0.717, 1.165) is 24.7 Å². The summed E-state index contributed by atoms with van der Waals surface area (Å²) in [4.78, 5) is 2.26. The highest BCUT2D eigenvalue weighted by Gasteiger charge is 2.40. The van der Waals surface area contributed by atoms with Gasteiger partial charge in [-0.1, -0.05) is 24.3 Å². The summed E-state index contributed by atoms with van der Waals surface area (Å²) in [6.45, 7) is 7.01. The topological polar surface area (TPSA) is 91.4 Å². The van der Waals surface area contributed by atoms with Gasteiger partial charge < -0.3 is 4.74 Å². The van der Waals surface area contributed by atoms with Gasteiger partial charge in [-0.25, -0.2) is 8.42 Å². The number of ether oxygens (including phenoxy) is 1. The third kappa shape index (κ3) is 5.72. The largest absolute Gasteiger partial charge is 0.412 e. The number of rotatable bonds is 8. The van der Waals surface area contributed by atoms with E-state index in [9.17, 15) is 21.6 Å². The molecule has 0 unspecified atom stereocenters. The maximum Gasteiger partial charge on any atom is 0.412 e. The van der Waals surface area contributed by atoms with Crippen molar-refractivity contribution in [3.8, 4) is 0 Å². The molecule has 0 atom stereocenters. The predicted octanol–water partition coefficient (Wildman–Crippen LogP) is 3.73. The Morgan fingerprint density at radius 3 is 2.33 bits per heavy atom. The molecular weight excluding hydrogens is 495 g/mol. The molecule has 0 radical (unpaired) electrons. The third-order valence-electron chi connectivity index (χ3n) is 6.71. The van der Waals surface area contributed by atoms with E-state index in [1.165, 1.54) is 28.7 Å². The van der Waals surface area contributed by atoms with Gasteiger partial charge >= 0.3 is 6.18 Å². The summed E-state index contributed by atoms with van der Waals surface area (Å²) in [7, 11) is -3.95. The van der Waals surface area contributed by atoms with E-state index >= 15 is 0 Å². The number of aromatic amines is 1. The van der Waals surface area contributed by atoms with Crippen LogP contribution in [0.2, 0.25) is 0 Å². The van der Waals surface area contributed by atoms with Crippen LogP contribution in [0.5, 0.6) is 0 Å². The van der Waals surface area contributed by atoms with Crippen molar-refractivity contribution in [2.45, 2.75) is 43.3 Å². The van der Waals surface area contributed by atoms with Crippen LogP contribution in [0.4, 0.5) is 13.2 Å². The number of hydrogen-bond donors (Lipinski definition) is 1. The molecule has 1 aromatic heterocycles. The summed E-state index contributed by atoms with van der Waals surface area (Å²) in [5.74, 6) is 0. The Labute approximate surface area is 208 Å². The van der Waals surface area contributed by atoms with Gasteiger partial charge in [-0.05, 0) is 50.0 Å². The Morgan fingerprint density at radius 1 is 1.08 bits per heavy atom. The highest BCUT2D eigenvalue weighted by molar-refractivity contribution is 7.89. The minimum Gasteiger partial charge on any atom is -0.379 e. The van der Waals surface area contributed by atoms with E-state index in [4.69, 9.17) is 4.74 Å². The van der Waals surface area contributed by atoms with E-state index < -0.39 is 27.3 Å². The minimum atomic E-state index is -4.33. The average molecular weight is 526 g/mol. The first-order valence-corrected chi connectivity index (χ1v) is 13.2. The molecule has 2 aliphatic rings. The number of nitrogens with zero attached hydrogens (tertiary/aromatic N) is 4. The number of morpholine rings is 1. The molecule has 4 rings (SSSR count). The predicted molar refractivity (Wildman–Crippen MR) is 128 cm³/mol. The van der Waals surface area contributed by atoms with Crippen LogP contribution >= 0.6 is 0 Å². The lowest BCUT2D eigenvalue weighted by Crippen LogP contribution is -2.50. The van der Waals surface area contributed by atoms with E-state index in [1.807, 2.05) is 0 Å². The first-order valence-electron chi connectivity index (χ1n) is 11.8. The van der Waals surface area contributed by atoms with Crippen LogP contribution in [0, 0.1) is 0 Å². The van der Waals surface area contributed by atoms with Gasteiger partial charge in [0, 0.05) is 31.8 Å². The van der Waals surface area contributed by atoms with Gasteiger partial charge in [0.25, 0.3) is 0 Å². The summed E-state index contributed by atoms with van der Waals surface area (Å²) in [6, 6.07) is 6.31. The fourth-order valence-electron chi connectivity index (χ4n) is 4.46. The first kappa shape index (κ1) is 26.5. The van der Waals surface area contributed by atoms with Crippen molar-refractivity contribution in [3.63, 3.8) is 0 Å². The number of aromatic nitrogens is 3. The van der Waals surface area contributed by atoms with Crippen LogP contribution in [0.1, 0.15) is 37.9 Å². The molecule has 8 nitrogen and oxygen atoms in total. The molecule has 1 saturated heterocycles. The van der Waals surface area contributed by atoms with Crippen LogP contribution in [0.3, 0.4) is 0 Å². The maximum absolute atomic E-state index is 13.9. The van der Waals surface area contributed by atoms with Gasteiger partial charge in [0.2, 0.25) is 10.0 Å². The molecule has 1 aromatic carbocycles. The van der Waals surface area contributed by atoms with Crippen LogP contribution in [0.15, 0.2) is 53.1 Å². The smallest absolute Gasteiger partial charge is 0.379 e. The fraction of sp³-hybridized carbons (Fsp3) is 0.500. The minimum absolute atomic E-state index is 0.101. The van der Waals surface area contributed by atoms with Gasteiger partial charge in [-0.3, -0.25) is 4.90 Å². The average Bonchev–Trinajstić information content (AvgIpc) is 3.40. The molecule has 0 bridgehead atoms.